The van der Waals surface area contributed by atoms with Gasteiger partial charge in [-0.05, 0) is 25.5 Å². The largest absolute Gasteiger partial charge is 0.357 e. The molecule has 1 atom stereocenters. The van der Waals surface area contributed by atoms with Crippen LogP contribution in [0.15, 0.2) is 23.3 Å². The fourth-order valence-corrected chi connectivity index (χ4v) is 2.35. The van der Waals surface area contributed by atoms with Crippen LogP contribution in [0.2, 0.25) is 0 Å². The molecule has 2 heterocycles. The molecule has 0 radical (unpaired) electrons. The van der Waals surface area contributed by atoms with Crippen LogP contribution < -0.4 is 15.5 Å². The van der Waals surface area contributed by atoms with E-state index in [9.17, 15) is 13.2 Å². The van der Waals surface area contributed by atoms with Gasteiger partial charge in [-0.1, -0.05) is 0 Å². The second-order valence-corrected chi connectivity index (χ2v) is 5.00. The number of guanidine groups is 1. The topological polar surface area (TPSA) is 52.6 Å². The minimum atomic E-state index is -2.47. The van der Waals surface area contributed by atoms with Crippen molar-refractivity contribution in [3.8, 4) is 0 Å². The fourth-order valence-electron chi connectivity index (χ4n) is 2.35. The molecule has 1 aromatic rings. The second-order valence-electron chi connectivity index (χ2n) is 5.00. The summed E-state index contributed by atoms with van der Waals surface area (Å²) < 4.78 is 38.2. The number of nitrogens with one attached hydrogen (secondary N) is 2. The first kappa shape index (κ1) is 16.4. The average Bonchev–Trinajstić information content (AvgIpc) is 2.94. The van der Waals surface area contributed by atoms with E-state index in [0.29, 0.717) is 31.4 Å². The Kier molecular flexibility index (Phi) is 5.85. The maximum atomic E-state index is 13.7. The van der Waals surface area contributed by atoms with E-state index in [1.165, 1.54) is 6.07 Å². The molecule has 0 aromatic carbocycles. The van der Waals surface area contributed by atoms with Crippen molar-refractivity contribution in [2.24, 2.45) is 4.99 Å². The van der Waals surface area contributed by atoms with Gasteiger partial charge < -0.3 is 15.5 Å². The van der Waals surface area contributed by atoms with Crippen molar-refractivity contribution in [3.05, 3.63) is 24.1 Å². The molecule has 2 rings (SSSR count). The first-order chi connectivity index (χ1) is 10.6. The molecule has 5 nitrogen and oxygen atoms in total. The first-order valence-electron chi connectivity index (χ1n) is 7.28. The van der Waals surface area contributed by atoms with Crippen LogP contribution in [0.25, 0.3) is 0 Å². The molecule has 1 aromatic heterocycles. The van der Waals surface area contributed by atoms with Gasteiger partial charge in [0.25, 0.3) is 6.43 Å². The van der Waals surface area contributed by atoms with Gasteiger partial charge in [0.2, 0.25) is 0 Å². The zero-order valence-electron chi connectivity index (χ0n) is 12.4. The van der Waals surface area contributed by atoms with E-state index < -0.39 is 13.0 Å². The Morgan fingerprint density at radius 2 is 2.36 bits per heavy atom. The fraction of sp³-hybridized carbons (Fsp3) is 0.571. The molecule has 0 amide bonds. The lowest BCUT2D eigenvalue weighted by Crippen LogP contribution is -2.45. The quantitative estimate of drug-likeness (QED) is 0.640. The molecule has 0 bridgehead atoms. The number of halogens is 3. The number of rotatable bonds is 5. The Morgan fingerprint density at radius 3 is 3.05 bits per heavy atom. The monoisotopic (exact) mass is 315 g/mol. The van der Waals surface area contributed by atoms with E-state index in [0.717, 1.165) is 6.42 Å². The van der Waals surface area contributed by atoms with Crippen molar-refractivity contribution >= 4 is 11.8 Å². The average molecular weight is 315 g/mol. The number of hydrogen-bond acceptors (Lipinski definition) is 3. The maximum Gasteiger partial charge on any atom is 0.257 e. The molecule has 8 heteroatoms. The van der Waals surface area contributed by atoms with Crippen LogP contribution in [-0.4, -0.2) is 49.6 Å². The van der Waals surface area contributed by atoms with Crippen LogP contribution in [-0.2, 0) is 0 Å². The van der Waals surface area contributed by atoms with Gasteiger partial charge in [0.1, 0.15) is 6.54 Å². The molecular formula is C14H20F3N5. The zero-order valence-corrected chi connectivity index (χ0v) is 12.4. The Labute approximate surface area is 127 Å². The third-order valence-corrected chi connectivity index (χ3v) is 3.30. The van der Waals surface area contributed by atoms with Crippen LogP contribution >= 0.6 is 0 Å². The third kappa shape index (κ3) is 4.51. The van der Waals surface area contributed by atoms with E-state index in [1.54, 1.807) is 12.3 Å². The molecule has 0 aliphatic carbocycles. The second kappa shape index (κ2) is 7.86. The first-order valence-corrected chi connectivity index (χ1v) is 7.28. The zero-order chi connectivity index (χ0) is 15.9. The van der Waals surface area contributed by atoms with Gasteiger partial charge in [-0.25, -0.2) is 23.1 Å². The Hall–Kier alpha value is -1.99. The van der Waals surface area contributed by atoms with E-state index in [-0.39, 0.29) is 11.9 Å². The third-order valence-electron chi connectivity index (χ3n) is 3.30. The maximum absolute atomic E-state index is 13.7. The van der Waals surface area contributed by atoms with Crippen LogP contribution in [0.5, 0.6) is 0 Å². The summed E-state index contributed by atoms with van der Waals surface area (Å²) >= 11 is 0. The van der Waals surface area contributed by atoms with Crippen molar-refractivity contribution in [3.63, 3.8) is 0 Å². The molecule has 122 valence electrons. The molecule has 1 saturated heterocycles. The lowest BCUT2D eigenvalue weighted by atomic mass is 10.3. The molecule has 2 N–H and O–H groups in total. The summed E-state index contributed by atoms with van der Waals surface area (Å²) in [5.74, 6) is 0.318. The number of anilines is 1. The van der Waals surface area contributed by atoms with Crippen molar-refractivity contribution in [2.75, 3.05) is 31.1 Å². The minimum absolute atomic E-state index is 0.0110. The SMILES string of the molecule is CCNC(=NCC(F)F)NC1CCN(c2ncccc2F)C1. The molecule has 0 saturated carbocycles. The van der Waals surface area contributed by atoms with Gasteiger partial charge in [-0.15, -0.1) is 0 Å². The van der Waals surface area contributed by atoms with Gasteiger partial charge in [0.15, 0.2) is 17.6 Å². The standard InChI is InChI=1S/C14H20F3N5/c1-2-18-14(20-8-12(16)17)21-10-5-7-22(9-10)13-11(15)4-3-6-19-13/h3-4,6,10,12H,2,5,7-9H2,1H3,(H2,18,20,21). The number of nitrogens with zero attached hydrogens (tertiary/aromatic N) is 3. The number of alkyl halides is 2. The van der Waals surface area contributed by atoms with Crippen molar-refractivity contribution < 1.29 is 13.2 Å². The summed E-state index contributed by atoms with van der Waals surface area (Å²) in [5.41, 5.74) is 0. The van der Waals surface area contributed by atoms with Crippen molar-refractivity contribution in [1.29, 1.82) is 0 Å². The van der Waals surface area contributed by atoms with Gasteiger partial charge >= 0.3 is 0 Å². The summed E-state index contributed by atoms with van der Waals surface area (Å²) in [5, 5.41) is 6.03. The summed E-state index contributed by atoms with van der Waals surface area (Å²) in [6, 6.07) is 2.93. The summed E-state index contributed by atoms with van der Waals surface area (Å²) in [4.78, 5) is 9.71. The predicted octanol–water partition coefficient (Wildman–Crippen LogP) is 1.62. The highest BCUT2D eigenvalue weighted by molar-refractivity contribution is 5.80. The van der Waals surface area contributed by atoms with Crippen molar-refractivity contribution in [2.45, 2.75) is 25.8 Å². The lowest BCUT2D eigenvalue weighted by Gasteiger charge is -2.19. The van der Waals surface area contributed by atoms with Gasteiger partial charge in [0.05, 0.1) is 0 Å². The summed E-state index contributed by atoms with van der Waals surface area (Å²) in [6.07, 6.45) is -0.166. The van der Waals surface area contributed by atoms with Crippen LogP contribution in [0.1, 0.15) is 13.3 Å². The highest BCUT2D eigenvalue weighted by Crippen LogP contribution is 2.20. The number of aliphatic imine (C=N–C) groups is 1. The van der Waals surface area contributed by atoms with E-state index in [4.69, 9.17) is 0 Å². The van der Waals surface area contributed by atoms with Gasteiger partial charge in [0, 0.05) is 31.9 Å². The smallest absolute Gasteiger partial charge is 0.257 e. The molecular weight excluding hydrogens is 295 g/mol. The van der Waals surface area contributed by atoms with Crippen LogP contribution in [0, 0.1) is 5.82 Å². The lowest BCUT2D eigenvalue weighted by molar-refractivity contribution is 0.158. The summed E-state index contributed by atoms with van der Waals surface area (Å²) in [6.45, 7) is 3.11. The Bertz CT molecular complexity index is 509. The van der Waals surface area contributed by atoms with Crippen LogP contribution in [0.4, 0.5) is 19.0 Å². The molecule has 22 heavy (non-hydrogen) atoms. The van der Waals surface area contributed by atoms with E-state index in [2.05, 4.69) is 20.6 Å². The molecule has 1 aliphatic heterocycles. The molecule has 1 unspecified atom stereocenters. The normalized spacial score (nSPS) is 18.9. The predicted molar refractivity (Wildman–Crippen MR) is 79.9 cm³/mol. The van der Waals surface area contributed by atoms with Crippen molar-refractivity contribution in [1.82, 2.24) is 15.6 Å². The van der Waals surface area contributed by atoms with Crippen LogP contribution in [0.3, 0.4) is 0 Å². The molecule has 0 spiro atoms. The highest BCUT2D eigenvalue weighted by atomic mass is 19.3. The van der Waals surface area contributed by atoms with E-state index >= 15 is 0 Å². The Balaban J connectivity index is 1.94. The molecule has 1 fully saturated rings. The number of pyridine rings is 1. The van der Waals surface area contributed by atoms with E-state index in [1.807, 2.05) is 11.8 Å². The van der Waals surface area contributed by atoms with Gasteiger partial charge in [-0.2, -0.15) is 0 Å². The number of hydrogen-bond donors (Lipinski definition) is 2. The summed E-state index contributed by atoms with van der Waals surface area (Å²) in [7, 11) is 0. The molecule has 1 aliphatic rings. The highest BCUT2D eigenvalue weighted by Gasteiger charge is 2.25. The van der Waals surface area contributed by atoms with Gasteiger partial charge in [-0.3, -0.25) is 0 Å². The Morgan fingerprint density at radius 1 is 1.55 bits per heavy atom. The number of aromatic nitrogens is 1. The minimum Gasteiger partial charge on any atom is -0.357 e.